The van der Waals surface area contributed by atoms with E-state index < -0.39 is 0 Å². The number of hydrogen-bond donors (Lipinski definition) is 1. The van der Waals surface area contributed by atoms with Crippen LogP contribution in [0.3, 0.4) is 0 Å². The van der Waals surface area contributed by atoms with Crippen molar-refractivity contribution in [2.75, 3.05) is 13.1 Å². The van der Waals surface area contributed by atoms with Gasteiger partial charge in [0, 0.05) is 1.37 Å². The lowest BCUT2D eigenvalue weighted by Crippen LogP contribution is -2.27. The molecule has 0 radical (unpaired) electrons. The van der Waals surface area contributed by atoms with Gasteiger partial charge in [0.15, 0.2) is 0 Å². The second-order valence-electron chi connectivity index (χ2n) is 2.21. The SMILES string of the molecule is [3H]C1CCNCC1C. The van der Waals surface area contributed by atoms with Gasteiger partial charge in [0.25, 0.3) is 0 Å². The van der Waals surface area contributed by atoms with E-state index in [0.717, 1.165) is 19.5 Å². The smallest absolute Gasteiger partial charge is 0.0270 e. The van der Waals surface area contributed by atoms with E-state index in [1.54, 1.807) is 0 Å². The van der Waals surface area contributed by atoms with Gasteiger partial charge < -0.3 is 5.32 Å². The van der Waals surface area contributed by atoms with Crippen molar-refractivity contribution in [3.05, 3.63) is 0 Å². The maximum atomic E-state index is 7.44. The highest BCUT2D eigenvalue weighted by Gasteiger charge is 2.04. The summed E-state index contributed by atoms with van der Waals surface area (Å²) in [4.78, 5) is 0. The topological polar surface area (TPSA) is 12.0 Å². The van der Waals surface area contributed by atoms with E-state index in [1.165, 1.54) is 0 Å². The van der Waals surface area contributed by atoms with E-state index in [1.807, 2.05) is 0 Å². The highest BCUT2D eigenvalue weighted by molar-refractivity contribution is 4.63. The third-order valence-electron chi connectivity index (χ3n) is 1.36. The van der Waals surface area contributed by atoms with Gasteiger partial charge >= 0.3 is 0 Å². The van der Waals surface area contributed by atoms with E-state index in [2.05, 4.69) is 12.2 Å². The quantitative estimate of drug-likeness (QED) is 0.480. The van der Waals surface area contributed by atoms with Crippen LogP contribution in [0.25, 0.3) is 0 Å². The van der Waals surface area contributed by atoms with Crippen LogP contribution in [0.2, 0.25) is 0 Å². The van der Waals surface area contributed by atoms with Gasteiger partial charge in [-0.1, -0.05) is 6.92 Å². The molecule has 0 aromatic carbocycles. The molecule has 1 N–H and O–H groups in total. The van der Waals surface area contributed by atoms with E-state index in [-0.39, 0.29) is 6.40 Å². The fourth-order valence-electron chi connectivity index (χ4n) is 0.883. The van der Waals surface area contributed by atoms with E-state index in [4.69, 9.17) is 1.37 Å². The van der Waals surface area contributed by atoms with Crippen LogP contribution in [0.15, 0.2) is 0 Å². The summed E-state index contributed by atoms with van der Waals surface area (Å²) in [6, 6.07) is 0. The summed E-state index contributed by atoms with van der Waals surface area (Å²) in [5.74, 6) is 0.559. The zero-order valence-electron chi connectivity index (χ0n) is 5.78. The monoisotopic (exact) mass is 101 g/mol. The summed E-state index contributed by atoms with van der Waals surface area (Å²) in [5.41, 5.74) is 0. The summed E-state index contributed by atoms with van der Waals surface area (Å²) >= 11 is 0. The van der Waals surface area contributed by atoms with E-state index >= 15 is 0 Å². The minimum atomic E-state index is 0.191. The molecule has 1 heteroatoms. The predicted molar refractivity (Wildman–Crippen MR) is 31.3 cm³/mol. The summed E-state index contributed by atoms with van der Waals surface area (Å²) in [7, 11) is 0. The average Bonchev–Trinajstić information content (AvgIpc) is 1.77. The molecule has 1 aliphatic rings. The number of nitrogens with one attached hydrogen (secondary N) is 1. The Morgan fingerprint density at radius 1 is 1.86 bits per heavy atom. The molecule has 1 saturated heterocycles. The van der Waals surface area contributed by atoms with Crippen molar-refractivity contribution >= 4 is 0 Å². The van der Waals surface area contributed by atoms with Gasteiger partial charge in [0.2, 0.25) is 0 Å². The Morgan fingerprint density at radius 2 is 2.71 bits per heavy atom. The predicted octanol–water partition coefficient (Wildman–Crippen LogP) is 1.01. The fraction of sp³-hybridized carbons (Fsp3) is 1.00. The molecule has 1 heterocycles. The third-order valence-corrected chi connectivity index (χ3v) is 1.36. The molecule has 0 bridgehead atoms. The first-order chi connectivity index (χ1) is 3.80. The van der Waals surface area contributed by atoms with Crippen molar-refractivity contribution in [1.82, 2.24) is 5.32 Å². The first-order valence-electron chi connectivity index (χ1n) is 3.51. The minimum absolute atomic E-state index is 0.191. The number of hydrogen-bond acceptors (Lipinski definition) is 1. The lowest BCUT2D eigenvalue weighted by atomic mass is 10.0. The Labute approximate surface area is 46.5 Å². The van der Waals surface area contributed by atoms with Gasteiger partial charge in [-0.15, -0.1) is 0 Å². The molecular weight excluding hydrogens is 86.1 g/mol. The molecule has 1 fully saturated rings. The van der Waals surface area contributed by atoms with Gasteiger partial charge in [0.05, 0.1) is 0 Å². The highest BCUT2D eigenvalue weighted by atomic mass is 14.9. The molecule has 0 aromatic rings. The Bertz CT molecular complexity index is 64.9. The van der Waals surface area contributed by atoms with Crippen LogP contribution in [0, 0.1) is 5.92 Å². The van der Waals surface area contributed by atoms with Gasteiger partial charge in [-0.05, 0) is 31.8 Å². The lowest BCUT2D eigenvalue weighted by molar-refractivity contribution is 0.405. The maximum absolute atomic E-state index is 7.44. The van der Waals surface area contributed by atoms with E-state index in [9.17, 15) is 0 Å². The molecule has 42 valence electrons. The van der Waals surface area contributed by atoms with Crippen molar-refractivity contribution in [3.63, 3.8) is 0 Å². The number of rotatable bonds is 0. The van der Waals surface area contributed by atoms with Crippen LogP contribution < -0.4 is 5.32 Å². The molecule has 2 atom stereocenters. The highest BCUT2D eigenvalue weighted by Crippen LogP contribution is 2.06. The van der Waals surface area contributed by atoms with Gasteiger partial charge in [0.1, 0.15) is 0 Å². The fourth-order valence-corrected chi connectivity index (χ4v) is 0.883. The Morgan fingerprint density at radius 3 is 3.14 bits per heavy atom. The Hall–Kier alpha value is -0.0400. The van der Waals surface area contributed by atoms with Crippen molar-refractivity contribution in [1.29, 1.82) is 0 Å². The summed E-state index contributed by atoms with van der Waals surface area (Å²) < 4.78 is 7.44. The molecule has 7 heavy (non-hydrogen) atoms. The standard InChI is InChI=1S/C6H13N/c1-6-3-2-4-7-5-6/h6-7H,2-5H2,1H3/i3T. The van der Waals surface area contributed by atoms with Crippen LogP contribution in [-0.2, 0) is 0 Å². The molecule has 0 saturated carbocycles. The summed E-state index contributed by atoms with van der Waals surface area (Å²) in [5, 5.41) is 3.24. The van der Waals surface area contributed by atoms with Crippen LogP contribution >= 0.6 is 0 Å². The van der Waals surface area contributed by atoms with Crippen molar-refractivity contribution in [2.24, 2.45) is 5.92 Å². The largest absolute Gasteiger partial charge is 0.316 e. The van der Waals surface area contributed by atoms with Gasteiger partial charge in [-0.25, -0.2) is 0 Å². The van der Waals surface area contributed by atoms with Crippen LogP contribution in [0.1, 0.15) is 21.1 Å². The van der Waals surface area contributed by atoms with Crippen LogP contribution in [0.4, 0.5) is 0 Å². The zero-order valence-corrected chi connectivity index (χ0v) is 4.78. The second kappa shape index (κ2) is 2.31. The molecule has 0 amide bonds. The van der Waals surface area contributed by atoms with Crippen LogP contribution in [-0.4, -0.2) is 13.1 Å². The molecule has 0 aliphatic carbocycles. The maximum Gasteiger partial charge on any atom is 0.0270 e. The van der Waals surface area contributed by atoms with Crippen LogP contribution in [0.5, 0.6) is 0 Å². The molecule has 1 rings (SSSR count). The molecule has 1 aliphatic heterocycles. The molecule has 1 nitrogen and oxygen atoms in total. The first-order valence-corrected chi connectivity index (χ1v) is 2.93. The second-order valence-corrected chi connectivity index (χ2v) is 2.21. The molecule has 0 spiro atoms. The lowest BCUT2D eigenvalue weighted by Gasteiger charge is -2.17. The minimum Gasteiger partial charge on any atom is -0.316 e. The van der Waals surface area contributed by atoms with Crippen molar-refractivity contribution < 1.29 is 1.37 Å². The van der Waals surface area contributed by atoms with Crippen molar-refractivity contribution in [2.45, 2.75) is 19.7 Å². The van der Waals surface area contributed by atoms with E-state index in [0.29, 0.717) is 5.92 Å². The van der Waals surface area contributed by atoms with Gasteiger partial charge in [-0.2, -0.15) is 0 Å². The third kappa shape index (κ3) is 1.48. The Kier molecular flexibility index (Phi) is 1.29. The van der Waals surface area contributed by atoms with Gasteiger partial charge in [-0.3, -0.25) is 0 Å². The first kappa shape index (κ1) is 3.90. The molecule has 0 aromatic heterocycles. The average molecular weight is 101 g/mol. The Balaban J connectivity index is 2.28. The summed E-state index contributed by atoms with van der Waals surface area (Å²) in [6.07, 6.45) is 1.22. The summed E-state index contributed by atoms with van der Waals surface area (Å²) in [6.45, 7) is 4.20. The normalized spacial score (nSPS) is 45.6. The molecular formula is C6H13N. The number of piperidine rings is 1. The molecule has 2 unspecified atom stereocenters. The zero-order chi connectivity index (χ0) is 5.98. The van der Waals surface area contributed by atoms with Crippen molar-refractivity contribution in [3.8, 4) is 0 Å².